The van der Waals surface area contributed by atoms with Crippen LogP contribution in [0.1, 0.15) is 10.4 Å². The summed E-state index contributed by atoms with van der Waals surface area (Å²) in [6.45, 7) is 0. The van der Waals surface area contributed by atoms with E-state index < -0.39 is 0 Å². The molecule has 4 heteroatoms. The van der Waals surface area contributed by atoms with Crippen LogP contribution in [-0.2, 0) is 0 Å². The Morgan fingerprint density at radius 3 is 2.65 bits per heavy atom. The van der Waals surface area contributed by atoms with Crippen LogP contribution in [0.4, 0.5) is 0 Å². The molecular formula is C16H15N3O. The fourth-order valence-corrected chi connectivity index (χ4v) is 2.15. The van der Waals surface area contributed by atoms with Crippen LogP contribution in [0.25, 0.3) is 22.4 Å². The van der Waals surface area contributed by atoms with E-state index in [2.05, 4.69) is 9.97 Å². The second-order valence-electron chi connectivity index (χ2n) is 4.88. The molecular weight excluding hydrogens is 250 g/mol. The average Bonchev–Trinajstić information content (AvgIpc) is 2.90. The molecule has 0 aliphatic rings. The van der Waals surface area contributed by atoms with Gasteiger partial charge in [0.15, 0.2) is 0 Å². The van der Waals surface area contributed by atoms with Gasteiger partial charge in [-0.1, -0.05) is 24.3 Å². The normalized spacial score (nSPS) is 10.7. The van der Waals surface area contributed by atoms with Gasteiger partial charge in [-0.05, 0) is 24.3 Å². The molecule has 0 spiro atoms. The lowest BCUT2D eigenvalue weighted by atomic mass is 10.1. The quantitative estimate of drug-likeness (QED) is 0.774. The molecule has 0 saturated heterocycles. The lowest BCUT2D eigenvalue weighted by Crippen LogP contribution is -2.21. The number of carbonyl (C=O) groups excluding carboxylic acids is 1. The van der Waals surface area contributed by atoms with Crippen molar-refractivity contribution in [1.82, 2.24) is 14.9 Å². The zero-order valence-corrected chi connectivity index (χ0v) is 11.4. The molecule has 20 heavy (non-hydrogen) atoms. The maximum absolute atomic E-state index is 12.0. The lowest BCUT2D eigenvalue weighted by Gasteiger charge is -2.10. The van der Waals surface area contributed by atoms with Crippen molar-refractivity contribution in [1.29, 1.82) is 0 Å². The molecule has 0 aliphatic carbocycles. The van der Waals surface area contributed by atoms with Gasteiger partial charge in [0.25, 0.3) is 5.91 Å². The van der Waals surface area contributed by atoms with Crippen LogP contribution in [0.5, 0.6) is 0 Å². The first kappa shape index (κ1) is 12.4. The molecule has 3 aromatic rings. The number of nitrogens with one attached hydrogen (secondary N) is 1. The van der Waals surface area contributed by atoms with Crippen LogP contribution < -0.4 is 0 Å². The van der Waals surface area contributed by atoms with Crippen molar-refractivity contribution in [3.8, 4) is 11.4 Å². The van der Waals surface area contributed by atoms with Gasteiger partial charge in [0, 0.05) is 25.2 Å². The third-order valence-corrected chi connectivity index (χ3v) is 3.18. The predicted molar refractivity (Wildman–Crippen MR) is 79.5 cm³/mol. The number of para-hydroxylation sites is 2. The Morgan fingerprint density at radius 2 is 1.90 bits per heavy atom. The number of benzene rings is 2. The molecule has 1 aromatic heterocycles. The van der Waals surface area contributed by atoms with Crippen LogP contribution in [0, 0.1) is 0 Å². The van der Waals surface area contributed by atoms with Gasteiger partial charge in [0.05, 0.1) is 11.0 Å². The molecule has 0 aliphatic heterocycles. The van der Waals surface area contributed by atoms with Gasteiger partial charge in [0.1, 0.15) is 5.82 Å². The van der Waals surface area contributed by atoms with E-state index in [4.69, 9.17) is 0 Å². The molecule has 2 aromatic carbocycles. The zero-order valence-electron chi connectivity index (χ0n) is 11.4. The average molecular weight is 265 g/mol. The molecule has 100 valence electrons. The molecule has 3 rings (SSSR count). The monoisotopic (exact) mass is 265 g/mol. The minimum absolute atomic E-state index is 0.0111. The van der Waals surface area contributed by atoms with E-state index >= 15 is 0 Å². The molecule has 0 radical (unpaired) electrons. The summed E-state index contributed by atoms with van der Waals surface area (Å²) in [6, 6.07) is 15.4. The minimum Gasteiger partial charge on any atom is -0.345 e. The molecule has 4 nitrogen and oxygen atoms in total. The van der Waals surface area contributed by atoms with E-state index in [0.717, 1.165) is 22.4 Å². The number of hydrogen-bond donors (Lipinski definition) is 1. The highest BCUT2D eigenvalue weighted by Crippen LogP contribution is 2.21. The number of fused-ring (bicyclic) bond motifs is 1. The van der Waals surface area contributed by atoms with Crippen molar-refractivity contribution in [3.05, 3.63) is 54.1 Å². The summed E-state index contributed by atoms with van der Waals surface area (Å²) in [5.74, 6) is 0.766. The fourth-order valence-electron chi connectivity index (χ4n) is 2.15. The van der Waals surface area contributed by atoms with Crippen LogP contribution in [0.2, 0.25) is 0 Å². The SMILES string of the molecule is CN(C)C(=O)c1cccc(-c2nc3ccccc3[nH]2)c1. The van der Waals surface area contributed by atoms with Crippen LogP contribution in [0.3, 0.4) is 0 Å². The molecule has 1 heterocycles. The van der Waals surface area contributed by atoms with Crippen molar-refractivity contribution in [2.75, 3.05) is 14.1 Å². The predicted octanol–water partition coefficient (Wildman–Crippen LogP) is 2.93. The maximum Gasteiger partial charge on any atom is 0.253 e. The van der Waals surface area contributed by atoms with E-state index in [9.17, 15) is 4.79 Å². The molecule has 0 unspecified atom stereocenters. The minimum atomic E-state index is -0.0111. The summed E-state index contributed by atoms with van der Waals surface area (Å²) in [4.78, 5) is 21.4. The first-order valence-corrected chi connectivity index (χ1v) is 6.42. The Balaban J connectivity index is 2.05. The van der Waals surface area contributed by atoms with E-state index in [1.54, 1.807) is 19.0 Å². The number of aromatic nitrogens is 2. The summed E-state index contributed by atoms with van der Waals surface area (Å²) in [5, 5.41) is 0. The standard InChI is InChI=1S/C16H15N3O/c1-19(2)16(20)12-7-5-6-11(10-12)15-17-13-8-3-4-9-14(13)18-15/h3-10H,1-2H3,(H,17,18). The third-order valence-electron chi connectivity index (χ3n) is 3.18. The Bertz CT molecular complexity index is 741. The molecule has 0 atom stereocenters. The Morgan fingerprint density at radius 1 is 1.10 bits per heavy atom. The Hall–Kier alpha value is -2.62. The number of H-pyrrole nitrogens is 1. The second kappa shape index (κ2) is 4.81. The van der Waals surface area contributed by atoms with Crippen LogP contribution in [-0.4, -0.2) is 34.9 Å². The highest BCUT2D eigenvalue weighted by Gasteiger charge is 2.10. The topological polar surface area (TPSA) is 49.0 Å². The van der Waals surface area contributed by atoms with Crippen molar-refractivity contribution in [3.63, 3.8) is 0 Å². The lowest BCUT2D eigenvalue weighted by molar-refractivity contribution is 0.0827. The van der Waals surface area contributed by atoms with Gasteiger partial charge in [-0.2, -0.15) is 0 Å². The van der Waals surface area contributed by atoms with Crippen molar-refractivity contribution >= 4 is 16.9 Å². The maximum atomic E-state index is 12.0. The number of rotatable bonds is 2. The van der Waals surface area contributed by atoms with Crippen LogP contribution >= 0.6 is 0 Å². The van der Waals surface area contributed by atoms with Gasteiger partial charge in [-0.3, -0.25) is 4.79 Å². The largest absolute Gasteiger partial charge is 0.345 e. The number of nitrogens with zero attached hydrogens (tertiary/aromatic N) is 2. The number of carbonyl (C=O) groups is 1. The molecule has 0 saturated carbocycles. The van der Waals surface area contributed by atoms with Gasteiger partial charge in [-0.25, -0.2) is 4.98 Å². The van der Waals surface area contributed by atoms with E-state index in [1.807, 2.05) is 48.5 Å². The summed E-state index contributed by atoms with van der Waals surface area (Å²) in [7, 11) is 3.49. The second-order valence-corrected chi connectivity index (χ2v) is 4.88. The molecule has 0 fully saturated rings. The van der Waals surface area contributed by atoms with E-state index in [1.165, 1.54) is 0 Å². The number of imidazole rings is 1. The fraction of sp³-hybridized carbons (Fsp3) is 0.125. The van der Waals surface area contributed by atoms with E-state index in [0.29, 0.717) is 5.56 Å². The smallest absolute Gasteiger partial charge is 0.253 e. The van der Waals surface area contributed by atoms with Crippen molar-refractivity contribution < 1.29 is 4.79 Å². The van der Waals surface area contributed by atoms with Gasteiger partial charge >= 0.3 is 0 Å². The Kier molecular flexibility index (Phi) is 2.99. The summed E-state index contributed by atoms with van der Waals surface area (Å²) in [5.41, 5.74) is 3.49. The van der Waals surface area contributed by atoms with Crippen molar-refractivity contribution in [2.24, 2.45) is 0 Å². The highest BCUT2D eigenvalue weighted by molar-refractivity contribution is 5.95. The number of amides is 1. The zero-order chi connectivity index (χ0) is 14.1. The molecule has 1 amide bonds. The van der Waals surface area contributed by atoms with Gasteiger partial charge < -0.3 is 9.88 Å². The molecule has 0 bridgehead atoms. The van der Waals surface area contributed by atoms with Gasteiger partial charge in [-0.15, -0.1) is 0 Å². The van der Waals surface area contributed by atoms with Crippen molar-refractivity contribution in [2.45, 2.75) is 0 Å². The van der Waals surface area contributed by atoms with Crippen LogP contribution in [0.15, 0.2) is 48.5 Å². The van der Waals surface area contributed by atoms with Gasteiger partial charge in [0.2, 0.25) is 0 Å². The first-order valence-electron chi connectivity index (χ1n) is 6.42. The number of aromatic amines is 1. The first-order chi connectivity index (χ1) is 9.65. The molecule has 1 N–H and O–H groups in total. The Labute approximate surface area is 117 Å². The third kappa shape index (κ3) is 2.16. The highest BCUT2D eigenvalue weighted by atomic mass is 16.2. The summed E-state index contributed by atoms with van der Waals surface area (Å²) in [6.07, 6.45) is 0. The summed E-state index contributed by atoms with van der Waals surface area (Å²) >= 11 is 0. The van der Waals surface area contributed by atoms with E-state index in [-0.39, 0.29) is 5.91 Å². The summed E-state index contributed by atoms with van der Waals surface area (Å²) < 4.78 is 0. The number of hydrogen-bond acceptors (Lipinski definition) is 2.